The first-order chi connectivity index (χ1) is 22.5. The Kier molecular flexibility index (Phi) is 14.4. The van der Waals surface area contributed by atoms with Crippen LogP contribution >= 0.6 is 0 Å². The molecule has 0 unspecified atom stereocenters. The highest BCUT2D eigenvalue weighted by molar-refractivity contribution is 5.95. The van der Waals surface area contributed by atoms with Gasteiger partial charge >= 0.3 is 0 Å². The molecule has 5 amide bonds. The molecule has 0 aliphatic heterocycles. The van der Waals surface area contributed by atoms with Crippen LogP contribution in [0.15, 0.2) is 60.8 Å². The summed E-state index contributed by atoms with van der Waals surface area (Å²) in [7, 11) is 0. The van der Waals surface area contributed by atoms with E-state index in [-0.39, 0.29) is 31.6 Å². The number of para-hydroxylation sites is 1. The maximum absolute atomic E-state index is 14.0. The maximum atomic E-state index is 14.0. The average molecular weight is 650 g/mol. The number of carbonyl (C=O) groups is 5. The number of unbranched alkanes of at least 4 members (excludes halogenated alkanes) is 1. The fourth-order valence-corrected chi connectivity index (χ4v) is 5.52. The summed E-state index contributed by atoms with van der Waals surface area (Å²) in [5.74, 6) is -3.97. The van der Waals surface area contributed by atoms with Gasteiger partial charge in [0.05, 0.1) is 0 Å². The number of nitrogens with one attached hydrogen (secondary N) is 5. The Balaban J connectivity index is 1.92. The molecule has 0 aliphatic rings. The molecule has 10 N–H and O–H groups in total. The number of fused-ring (bicyclic) bond motifs is 1. The minimum absolute atomic E-state index is 0.0472. The number of benzene rings is 2. The van der Waals surface area contributed by atoms with Crippen molar-refractivity contribution in [3.8, 4) is 0 Å². The lowest BCUT2D eigenvalue weighted by Gasteiger charge is -2.26. The number of hydroxylamine groups is 1. The SMILES string of the molecule is CC(C)C[C@H](CC(=O)NO)C(=O)N[C@@H](Cc1ccccc1)C(=O)N[C@@H](Cc1c[nH]c2ccccc12)C(=O)N[C@@H](CCCCN)C(N)=O. The molecule has 254 valence electrons. The molecule has 3 rings (SSSR count). The van der Waals surface area contributed by atoms with Crippen LogP contribution in [0.5, 0.6) is 0 Å². The lowest BCUT2D eigenvalue weighted by molar-refractivity contribution is -0.137. The molecule has 13 heteroatoms. The van der Waals surface area contributed by atoms with Gasteiger partial charge < -0.3 is 32.4 Å². The first-order valence-corrected chi connectivity index (χ1v) is 15.9. The van der Waals surface area contributed by atoms with Gasteiger partial charge in [-0.1, -0.05) is 62.4 Å². The molecule has 0 radical (unpaired) electrons. The Hall–Kier alpha value is -4.75. The number of amides is 5. The summed E-state index contributed by atoms with van der Waals surface area (Å²) in [6.45, 7) is 4.22. The van der Waals surface area contributed by atoms with Gasteiger partial charge in [-0.05, 0) is 55.3 Å². The monoisotopic (exact) mass is 649 g/mol. The number of aromatic amines is 1. The molecular formula is C34H47N7O6. The Bertz CT molecular complexity index is 1490. The number of nitrogens with two attached hydrogens (primary N) is 2. The van der Waals surface area contributed by atoms with Gasteiger partial charge in [0.25, 0.3) is 0 Å². The number of carbonyl (C=O) groups excluding carboxylic acids is 5. The van der Waals surface area contributed by atoms with Crippen molar-refractivity contribution in [3.05, 3.63) is 71.9 Å². The van der Waals surface area contributed by atoms with E-state index in [2.05, 4.69) is 20.9 Å². The number of aromatic nitrogens is 1. The van der Waals surface area contributed by atoms with Crippen molar-refractivity contribution in [1.82, 2.24) is 26.4 Å². The second-order valence-corrected chi connectivity index (χ2v) is 12.2. The van der Waals surface area contributed by atoms with Gasteiger partial charge in [0.1, 0.15) is 18.1 Å². The summed E-state index contributed by atoms with van der Waals surface area (Å²) in [5.41, 5.74) is 15.1. The molecule has 0 saturated carbocycles. The molecule has 0 bridgehead atoms. The van der Waals surface area contributed by atoms with Gasteiger partial charge in [-0.3, -0.25) is 29.2 Å². The van der Waals surface area contributed by atoms with E-state index < -0.39 is 53.6 Å². The fourth-order valence-electron chi connectivity index (χ4n) is 5.52. The number of hydrogen-bond acceptors (Lipinski definition) is 7. The summed E-state index contributed by atoms with van der Waals surface area (Å²) in [6, 6.07) is 13.4. The zero-order chi connectivity index (χ0) is 34.3. The molecule has 1 heterocycles. The Labute approximate surface area is 274 Å². The largest absolute Gasteiger partial charge is 0.368 e. The van der Waals surface area contributed by atoms with Crippen molar-refractivity contribution in [2.45, 2.75) is 76.9 Å². The molecular weight excluding hydrogens is 602 g/mol. The summed E-state index contributed by atoms with van der Waals surface area (Å²) in [4.78, 5) is 68.7. The second kappa shape index (κ2) is 18.4. The van der Waals surface area contributed by atoms with E-state index in [9.17, 15) is 24.0 Å². The van der Waals surface area contributed by atoms with Crippen molar-refractivity contribution >= 4 is 40.4 Å². The Morgan fingerprint density at radius 2 is 1.43 bits per heavy atom. The van der Waals surface area contributed by atoms with E-state index in [0.29, 0.717) is 25.8 Å². The second-order valence-electron chi connectivity index (χ2n) is 12.2. The topological polar surface area (TPSA) is 222 Å². The van der Waals surface area contributed by atoms with E-state index in [1.807, 2.05) is 56.3 Å². The standard InChI is InChI=1S/C34H47N7O6/c1-21(2)16-23(19-30(42)41-47)32(44)39-28(17-22-10-4-3-5-11-22)33(45)40-29(18-24-20-37-26-13-7-6-12-25(24)26)34(46)38-27(31(36)43)14-8-9-15-35/h3-7,10-13,20-21,23,27-29,37,47H,8-9,14-19,35H2,1-2H3,(H2,36,43)(H,38,46)(H,39,44)(H,40,45)(H,41,42)/t23-,27+,28+,29+/m1/s1. The van der Waals surface area contributed by atoms with Gasteiger partial charge in [-0.25, -0.2) is 5.48 Å². The highest BCUT2D eigenvalue weighted by Crippen LogP contribution is 2.20. The van der Waals surface area contributed by atoms with E-state index in [1.54, 1.807) is 23.8 Å². The summed E-state index contributed by atoms with van der Waals surface area (Å²) in [6.07, 6.45) is 3.51. The lowest BCUT2D eigenvalue weighted by atomic mass is 9.92. The Morgan fingerprint density at radius 1 is 0.809 bits per heavy atom. The quantitative estimate of drug-likeness (QED) is 0.0544. The minimum atomic E-state index is -1.14. The molecule has 0 saturated heterocycles. The predicted octanol–water partition coefficient (Wildman–Crippen LogP) is 1.58. The van der Waals surface area contributed by atoms with Crippen molar-refractivity contribution in [2.75, 3.05) is 6.54 Å². The van der Waals surface area contributed by atoms with Crippen LogP contribution in [0, 0.1) is 11.8 Å². The summed E-state index contributed by atoms with van der Waals surface area (Å²) >= 11 is 0. The molecule has 4 atom stereocenters. The molecule has 47 heavy (non-hydrogen) atoms. The zero-order valence-corrected chi connectivity index (χ0v) is 27.0. The third-order valence-electron chi connectivity index (χ3n) is 7.94. The van der Waals surface area contributed by atoms with E-state index in [1.165, 1.54) is 0 Å². The number of primary amides is 1. The molecule has 3 aromatic rings. The average Bonchev–Trinajstić information content (AvgIpc) is 3.46. The van der Waals surface area contributed by atoms with Crippen LogP contribution in [-0.4, -0.2) is 64.4 Å². The Morgan fingerprint density at radius 3 is 2.06 bits per heavy atom. The lowest BCUT2D eigenvalue weighted by Crippen LogP contribution is -2.57. The third-order valence-corrected chi connectivity index (χ3v) is 7.94. The molecule has 2 aromatic carbocycles. The summed E-state index contributed by atoms with van der Waals surface area (Å²) < 4.78 is 0. The molecule has 0 fully saturated rings. The van der Waals surface area contributed by atoms with Crippen LogP contribution in [0.4, 0.5) is 0 Å². The van der Waals surface area contributed by atoms with E-state index >= 15 is 0 Å². The van der Waals surface area contributed by atoms with Crippen molar-refractivity contribution < 1.29 is 29.2 Å². The van der Waals surface area contributed by atoms with Gasteiger partial charge in [0, 0.05) is 42.3 Å². The van der Waals surface area contributed by atoms with Gasteiger partial charge in [0.15, 0.2) is 0 Å². The fraction of sp³-hybridized carbons (Fsp3) is 0.441. The normalized spacial score (nSPS) is 13.7. The van der Waals surface area contributed by atoms with Gasteiger partial charge in [-0.15, -0.1) is 0 Å². The highest BCUT2D eigenvalue weighted by Gasteiger charge is 2.32. The van der Waals surface area contributed by atoms with Crippen LogP contribution in [-0.2, 0) is 36.8 Å². The van der Waals surface area contributed by atoms with Crippen LogP contribution in [0.2, 0.25) is 0 Å². The molecule has 1 aromatic heterocycles. The summed E-state index contributed by atoms with van der Waals surface area (Å²) in [5, 5.41) is 18.2. The van der Waals surface area contributed by atoms with E-state index in [0.717, 1.165) is 22.0 Å². The highest BCUT2D eigenvalue weighted by atomic mass is 16.5. The van der Waals surface area contributed by atoms with Crippen molar-refractivity contribution in [2.24, 2.45) is 23.3 Å². The predicted molar refractivity (Wildman–Crippen MR) is 178 cm³/mol. The maximum Gasteiger partial charge on any atom is 0.244 e. The first kappa shape index (κ1) is 36.7. The van der Waals surface area contributed by atoms with Crippen LogP contribution in [0.25, 0.3) is 10.9 Å². The van der Waals surface area contributed by atoms with Gasteiger partial charge in [0.2, 0.25) is 29.5 Å². The number of H-pyrrole nitrogens is 1. The third kappa shape index (κ3) is 11.5. The molecule has 0 spiro atoms. The zero-order valence-electron chi connectivity index (χ0n) is 27.0. The number of hydrogen-bond donors (Lipinski definition) is 8. The van der Waals surface area contributed by atoms with Crippen molar-refractivity contribution in [3.63, 3.8) is 0 Å². The van der Waals surface area contributed by atoms with Gasteiger partial charge in [-0.2, -0.15) is 0 Å². The van der Waals surface area contributed by atoms with Crippen LogP contribution in [0.1, 0.15) is 57.1 Å². The van der Waals surface area contributed by atoms with Crippen molar-refractivity contribution in [1.29, 1.82) is 0 Å². The molecule has 13 nitrogen and oxygen atoms in total. The van der Waals surface area contributed by atoms with Crippen LogP contribution in [0.3, 0.4) is 0 Å². The van der Waals surface area contributed by atoms with E-state index in [4.69, 9.17) is 16.7 Å². The smallest absolute Gasteiger partial charge is 0.244 e. The minimum Gasteiger partial charge on any atom is -0.368 e. The molecule has 0 aliphatic carbocycles. The first-order valence-electron chi connectivity index (χ1n) is 15.9. The number of rotatable bonds is 19. The van der Waals surface area contributed by atoms with Crippen LogP contribution < -0.4 is 32.9 Å².